The SMILES string of the molecule is COc1cc(CC/C(C)=C(/N=C(C)c2cccnc2)C(=O)N2CCOCC2(C)C)c(C)cc1OC(C)C. The lowest BCUT2D eigenvalue weighted by molar-refractivity contribution is -0.142. The monoisotopic (exact) mass is 507 g/mol. The fourth-order valence-corrected chi connectivity index (χ4v) is 4.42. The van der Waals surface area contributed by atoms with Gasteiger partial charge in [-0.1, -0.05) is 6.07 Å². The highest BCUT2D eigenvalue weighted by atomic mass is 16.5. The Morgan fingerprint density at radius 1 is 1.24 bits per heavy atom. The van der Waals surface area contributed by atoms with E-state index in [-0.39, 0.29) is 12.0 Å². The fraction of sp³-hybridized carbons (Fsp3) is 0.500. The molecule has 1 fully saturated rings. The van der Waals surface area contributed by atoms with Crippen molar-refractivity contribution in [2.24, 2.45) is 4.99 Å². The van der Waals surface area contributed by atoms with Crippen LogP contribution in [0, 0.1) is 6.92 Å². The molecular formula is C30H41N3O4. The number of pyridine rings is 1. The van der Waals surface area contributed by atoms with E-state index in [0.29, 0.717) is 37.6 Å². The van der Waals surface area contributed by atoms with Crippen LogP contribution in [0.4, 0.5) is 0 Å². The quantitative estimate of drug-likeness (QED) is 0.329. The smallest absolute Gasteiger partial charge is 0.273 e. The van der Waals surface area contributed by atoms with E-state index in [1.807, 2.05) is 70.7 Å². The second-order valence-electron chi connectivity index (χ2n) is 10.5. The molecule has 0 unspecified atom stereocenters. The first-order valence-corrected chi connectivity index (χ1v) is 12.9. The number of aromatic nitrogens is 1. The molecule has 1 amide bonds. The Morgan fingerprint density at radius 3 is 2.62 bits per heavy atom. The van der Waals surface area contributed by atoms with Crippen LogP contribution in [0.3, 0.4) is 0 Å². The summed E-state index contributed by atoms with van der Waals surface area (Å²) >= 11 is 0. The van der Waals surface area contributed by atoms with Crippen molar-refractivity contribution in [2.45, 2.75) is 73.0 Å². The third kappa shape index (κ3) is 7.19. The Morgan fingerprint density at radius 2 is 2.00 bits per heavy atom. The van der Waals surface area contributed by atoms with Crippen molar-refractivity contribution >= 4 is 11.6 Å². The second kappa shape index (κ2) is 12.4. The van der Waals surface area contributed by atoms with E-state index in [1.54, 1.807) is 19.5 Å². The number of methoxy groups -OCH3 is 1. The molecule has 7 heteroatoms. The summed E-state index contributed by atoms with van der Waals surface area (Å²) in [5, 5.41) is 0. The molecule has 1 aromatic heterocycles. The summed E-state index contributed by atoms with van der Waals surface area (Å²) in [4.78, 5) is 24.9. The van der Waals surface area contributed by atoms with Crippen LogP contribution in [0.5, 0.6) is 11.5 Å². The molecule has 0 N–H and O–H groups in total. The summed E-state index contributed by atoms with van der Waals surface area (Å²) < 4.78 is 17.2. The van der Waals surface area contributed by atoms with Gasteiger partial charge < -0.3 is 19.1 Å². The minimum atomic E-state index is -0.408. The number of benzene rings is 1. The number of amides is 1. The zero-order valence-electron chi connectivity index (χ0n) is 23.6. The molecule has 1 aliphatic rings. The number of hydrogen-bond donors (Lipinski definition) is 0. The van der Waals surface area contributed by atoms with Crippen molar-refractivity contribution in [1.82, 2.24) is 9.88 Å². The maximum Gasteiger partial charge on any atom is 0.273 e. The Kier molecular flexibility index (Phi) is 9.49. The second-order valence-corrected chi connectivity index (χ2v) is 10.5. The molecule has 0 radical (unpaired) electrons. The number of ether oxygens (including phenoxy) is 3. The molecule has 0 bridgehead atoms. The van der Waals surface area contributed by atoms with E-state index in [9.17, 15) is 4.79 Å². The Labute approximate surface area is 221 Å². The van der Waals surface area contributed by atoms with Crippen LogP contribution in [0.25, 0.3) is 0 Å². The Balaban J connectivity index is 1.96. The van der Waals surface area contributed by atoms with Gasteiger partial charge in [-0.3, -0.25) is 9.78 Å². The van der Waals surface area contributed by atoms with Crippen molar-refractivity contribution in [3.05, 3.63) is 64.6 Å². The van der Waals surface area contributed by atoms with E-state index in [1.165, 1.54) is 0 Å². The molecule has 1 saturated heterocycles. The van der Waals surface area contributed by atoms with Gasteiger partial charge in [0.15, 0.2) is 11.5 Å². The third-order valence-corrected chi connectivity index (χ3v) is 6.61. The summed E-state index contributed by atoms with van der Waals surface area (Å²) in [6, 6.07) is 7.90. The molecule has 200 valence electrons. The number of morpholine rings is 1. The molecule has 2 aromatic rings. The van der Waals surface area contributed by atoms with Crippen molar-refractivity contribution in [3.63, 3.8) is 0 Å². The summed E-state index contributed by atoms with van der Waals surface area (Å²) in [5.41, 5.74) is 4.95. The zero-order chi connectivity index (χ0) is 27.2. The molecule has 0 spiro atoms. The van der Waals surface area contributed by atoms with E-state index in [0.717, 1.165) is 40.1 Å². The first kappa shape index (κ1) is 28.4. The number of carbonyl (C=O) groups excluding carboxylic acids is 1. The lowest BCUT2D eigenvalue weighted by Crippen LogP contribution is -2.55. The van der Waals surface area contributed by atoms with Gasteiger partial charge in [0.25, 0.3) is 5.91 Å². The Bertz CT molecular complexity index is 1150. The van der Waals surface area contributed by atoms with E-state index < -0.39 is 5.54 Å². The van der Waals surface area contributed by atoms with Gasteiger partial charge in [0.05, 0.1) is 32.0 Å². The van der Waals surface area contributed by atoms with E-state index >= 15 is 0 Å². The standard InChI is InChI=1S/C30H41N3O4/c1-20(2)37-27-16-22(4)24(17-26(27)35-8)12-11-21(3)28(32-23(5)25-10-9-13-31-18-25)29(34)33-14-15-36-19-30(33,6)7/h9-10,13,16-18,20H,11-12,14-15,19H2,1-8H3/b28-21+,32-23?. The predicted molar refractivity (Wildman–Crippen MR) is 148 cm³/mol. The number of rotatable bonds is 9. The van der Waals surface area contributed by atoms with Gasteiger partial charge >= 0.3 is 0 Å². The number of aliphatic imine (C=N–C) groups is 1. The first-order chi connectivity index (χ1) is 17.5. The normalized spacial score (nSPS) is 16.5. The number of nitrogens with zero attached hydrogens (tertiary/aromatic N) is 3. The van der Waals surface area contributed by atoms with Gasteiger partial charge in [-0.2, -0.15) is 0 Å². The van der Waals surface area contributed by atoms with Gasteiger partial charge in [0.1, 0.15) is 5.70 Å². The Hall–Kier alpha value is -3.19. The lowest BCUT2D eigenvalue weighted by atomic mass is 9.97. The zero-order valence-corrected chi connectivity index (χ0v) is 23.6. The molecule has 2 heterocycles. The molecule has 0 saturated carbocycles. The number of carbonyl (C=O) groups is 1. The van der Waals surface area contributed by atoms with Crippen molar-refractivity contribution in [2.75, 3.05) is 26.9 Å². The van der Waals surface area contributed by atoms with Gasteiger partial charge in [0.2, 0.25) is 0 Å². The van der Waals surface area contributed by atoms with Gasteiger partial charge in [0, 0.05) is 30.2 Å². The molecule has 3 rings (SSSR count). The summed E-state index contributed by atoms with van der Waals surface area (Å²) in [6.45, 7) is 15.6. The minimum Gasteiger partial charge on any atom is -0.493 e. The highest BCUT2D eigenvalue weighted by Crippen LogP contribution is 2.33. The lowest BCUT2D eigenvalue weighted by Gasteiger charge is -2.42. The third-order valence-electron chi connectivity index (χ3n) is 6.61. The van der Waals surface area contributed by atoms with Crippen molar-refractivity contribution in [3.8, 4) is 11.5 Å². The number of aryl methyl sites for hydroxylation is 2. The van der Waals surface area contributed by atoms with Crippen LogP contribution in [-0.4, -0.2) is 60.0 Å². The minimum absolute atomic E-state index is 0.0586. The molecule has 1 aromatic carbocycles. The molecule has 1 aliphatic heterocycles. The first-order valence-electron chi connectivity index (χ1n) is 12.9. The van der Waals surface area contributed by atoms with Crippen LogP contribution in [0.15, 0.2) is 52.9 Å². The fourth-order valence-electron chi connectivity index (χ4n) is 4.42. The maximum absolute atomic E-state index is 13.9. The summed E-state index contributed by atoms with van der Waals surface area (Å²) in [6.07, 6.45) is 4.99. The van der Waals surface area contributed by atoms with Crippen molar-refractivity contribution in [1.29, 1.82) is 0 Å². The maximum atomic E-state index is 13.9. The average Bonchev–Trinajstić information content (AvgIpc) is 2.86. The van der Waals surface area contributed by atoms with Crippen molar-refractivity contribution < 1.29 is 19.0 Å². The molecule has 0 atom stereocenters. The van der Waals surface area contributed by atoms with E-state index in [4.69, 9.17) is 19.2 Å². The van der Waals surface area contributed by atoms with Crippen LogP contribution in [0.1, 0.15) is 64.7 Å². The highest BCUT2D eigenvalue weighted by molar-refractivity contribution is 6.03. The van der Waals surface area contributed by atoms with E-state index in [2.05, 4.69) is 11.9 Å². The molecular weight excluding hydrogens is 466 g/mol. The highest BCUT2D eigenvalue weighted by Gasteiger charge is 2.36. The summed E-state index contributed by atoms with van der Waals surface area (Å²) in [7, 11) is 1.66. The molecule has 7 nitrogen and oxygen atoms in total. The predicted octanol–water partition coefficient (Wildman–Crippen LogP) is 5.54. The summed E-state index contributed by atoms with van der Waals surface area (Å²) in [5.74, 6) is 1.39. The van der Waals surface area contributed by atoms with Gasteiger partial charge in [-0.25, -0.2) is 4.99 Å². The van der Waals surface area contributed by atoms with Crippen LogP contribution >= 0.6 is 0 Å². The molecule has 37 heavy (non-hydrogen) atoms. The van der Waals surface area contributed by atoms with Crippen LogP contribution < -0.4 is 9.47 Å². The van der Waals surface area contributed by atoms with Gasteiger partial charge in [-0.05, 0) is 96.2 Å². The number of hydrogen-bond acceptors (Lipinski definition) is 6. The molecule has 0 aliphatic carbocycles. The number of allylic oxidation sites excluding steroid dienone is 1. The topological polar surface area (TPSA) is 73.3 Å². The average molecular weight is 508 g/mol. The largest absolute Gasteiger partial charge is 0.493 e. The van der Waals surface area contributed by atoms with Crippen LogP contribution in [0.2, 0.25) is 0 Å². The van der Waals surface area contributed by atoms with Gasteiger partial charge in [-0.15, -0.1) is 0 Å². The van der Waals surface area contributed by atoms with Crippen LogP contribution in [-0.2, 0) is 16.0 Å².